The second kappa shape index (κ2) is 6.51. The van der Waals surface area contributed by atoms with Crippen LogP contribution < -0.4 is 10.1 Å². The number of ether oxygens (including phenoxy) is 2. The summed E-state index contributed by atoms with van der Waals surface area (Å²) >= 11 is 0. The van der Waals surface area contributed by atoms with Gasteiger partial charge in [-0.15, -0.1) is 0 Å². The van der Waals surface area contributed by atoms with Gasteiger partial charge in [-0.3, -0.25) is 4.79 Å². The molecule has 0 radical (unpaired) electrons. The van der Waals surface area contributed by atoms with Crippen LogP contribution in [0.15, 0.2) is 24.3 Å². The Bertz CT molecular complexity index is 426. The molecule has 0 bridgehead atoms. The van der Waals surface area contributed by atoms with E-state index in [0.29, 0.717) is 11.4 Å². The van der Waals surface area contributed by atoms with Crippen LogP contribution in [-0.2, 0) is 9.53 Å². The highest BCUT2D eigenvalue weighted by Gasteiger charge is 2.13. The summed E-state index contributed by atoms with van der Waals surface area (Å²) in [4.78, 5) is 11.6. The van der Waals surface area contributed by atoms with E-state index in [2.05, 4.69) is 5.32 Å². The van der Waals surface area contributed by atoms with Gasteiger partial charge in [0.15, 0.2) is 6.61 Å². The van der Waals surface area contributed by atoms with E-state index in [-0.39, 0.29) is 12.5 Å². The second-order valence-electron chi connectivity index (χ2n) is 3.31. The predicted octanol–water partition coefficient (Wildman–Crippen LogP) is 1.56. The lowest BCUT2D eigenvalue weighted by atomic mass is 10.2. The molecule has 0 aliphatic heterocycles. The molecule has 5 heteroatoms. The maximum atomic E-state index is 11.6. The standard InChI is InChI=1S/C12H14N2O3/c1-9(16-2)12(15)14-10-5-3-4-6-11(10)17-8-7-13/h3-6,9H,8H2,1-2H3,(H,14,15). The number of carbonyl (C=O) groups excluding carboxylic acids is 1. The number of nitriles is 1. The topological polar surface area (TPSA) is 71.3 Å². The molecule has 1 unspecified atom stereocenters. The monoisotopic (exact) mass is 234 g/mol. The summed E-state index contributed by atoms with van der Waals surface area (Å²) in [7, 11) is 1.46. The van der Waals surface area contributed by atoms with Crippen LogP contribution >= 0.6 is 0 Å². The maximum absolute atomic E-state index is 11.6. The molecule has 0 heterocycles. The van der Waals surface area contributed by atoms with Gasteiger partial charge in [0.2, 0.25) is 0 Å². The highest BCUT2D eigenvalue weighted by molar-refractivity contribution is 5.95. The third-order valence-corrected chi connectivity index (χ3v) is 2.16. The first kappa shape index (κ1) is 13.0. The van der Waals surface area contributed by atoms with Crippen molar-refractivity contribution in [3.05, 3.63) is 24.3 Å². The number of rotatable bonds is 5. The predicted molar refractivity (Wildman–Crippen MR) is 62.7 cm³/mol. The van der Waals surface area contributed by atoms with Crippen LogP contribution in [0.5, 0.6) is 5.75 Å². The average molecular weight is 234 g/mol. The summed E-state index contributed by atoms with van der Waals surface area (Å²) in [5, 5.41) is 11.1. The largest absolute Gasteiger partial charge is 0.477 e. The molecule has 0 saturated heterocycles. The summed E-state index contributed by atoms with van der Waals surface area (Å²) in [6.07, 6.45) is -0.543. The van der Waals surface area contributed by atoms with Crippen molar-refractivity contribution >= 4 is 11.6 Å². The van der Waals surface area contributed by atoms with E-state index in [1.807, 2.05) is 6.07 Å². The van der Waals surface area contributed by atoms with E-state index in [0.717, 1.165) is 0 Å². The van der Waals surface area contributed by atoms with E-state index < -0.39 is 6.10 Å². The zero-order valence-corrected chi connectivity index (χ0v) is 9.77. The van der Waals surface area contributed by atoms with Crippen molar-refractivity contribution in [2.24, 2.45) is 0 Å². The van der Waals surface area contributed by atoms with Crippen molar-refractivity contribution < 1.29 is 14.3 Å². The van der Waals surface area contributed by atoms with Crippen molar-refractivity contribution in [2.45, 2.75) is 13.0 Å². The fraction of sp³-hybridized carbons (Fsp3) is 0.333. The van der Waals surface area contributed by atoms with Crippen LogP contribution in [0.2, 0.25) is 0 Å². The first-order valence-corrected chi connectivity index (χ1v) is 5.11. The van der Waals surface area contributed by atoms with Gasteiger partial charge < -0.3 is 14.8 Å². The van der Waals surface area contributed by atoms with E-state index in [1.54, 1.807) is 31.2 Å². The highest BCUT2D eigenvalue weighted by atomic mass is 16.5. The number of benzene rings is 1. The smallest absolute Gasteiger partial charge is 0.253 e. The number of nitrogens with zero attached hydrogens (tertiary/aromatic N) is 1. The zero-order valence-electron chi connectivity index (χ0n) is 9.77. The van der Waals surface area contributed by atoms with Gasteiger partial charge in [-0.05, 0) is 19.1 Å². The SMILES string of the molecule is COC(C)C(=O)Nc1ccccc1OCC#N. The molecule has 1 atom stereocenters. The minimum absolute atomic E-state index is 0.0628. The van der Waals surface area contributed by atoms with Crippen LogP contribution in [0.4, 0.5) is 5.69 Å². The summed E-state index contributed by atoms with van der Waals surface area (Å²) in [5.74, 6) is 0.200. The van der Waals surface area contributed by atoms with E-state index in [1.165, 1.54) is 7.11 Å². The maximum Gasteiger partial charge on any atom is 0.253 e. The molecule has 0 saturated carbocycles. The Hall–Kier alpha value is -2.06. The quantitative estimate of drug-likeness (QED) is 0.839. The first-order valence-electron chi connectivity index (χ1n) is 5.11. The Morgan fingerprint density at radius 1 is 1.53 bits per heavy atom. The molecule has 1 N–H and O–H groups in total. The fourth-order valence-electron chi connectivity index (χ4n) is 1.15. The van der Waals surface area contributed by atoms with Crippen molar-refractivity contribution in [3.8, 4) is 11.8 Å². The molecule has 0 aliphatic rings. The lowest BCUT2D eigenvalue weighted by molar-refractivity contribution is -0.124. The molecule has 0 fully saturated rings. The van der Waals surface area contributed by atoms with Crippen LogP contribution in [0, 0.1) is 11.3 Å². The Morgan fingerprint density at radius 2 is 2.24 bits per heavy atom. The normalized spacial score (nSPS) is 11.4. The van der Waals surface area contributed by atoms with Crippen LogP contribution in [0.25, 0.3) is 0 Å². The Kier molecular flexibility index (Phi) is 4.98. The van der Waals surface area contributed by atoms with Gasteiger partial charge in [-0.1, -0.05) is 12.1 Å². The lowest BCUT2D eigenvalue weighted by Gasteiger charge is -2.13. The summed E-state index contributed by atoms with van der Waals surface area (Å²) in [5.41, 5.74) is 0.525. The molecule has 0 spiro atoms. The minimum Gasteiger partial charge on any atom is -0.477 e. The number of methoxy groups -OCH3 is 1. The van der Waals surface area contributed by atoms with Crippen molar-refractivity contribution in [1.29, 1.82) is 5.26 Å². The highest BCUT2D eigenvalue weighted by Crippen LogP contribution is 2.23. The Balaban J connectivity index is 2.76. The third-order valence-electron chi connectivity index (χ3n) is 2.16. The van der Waals surface area contributed by atoms with E-state index in [4.69, 9.17) is 14.7 Å². The second-order valence-corrected chi connectivity index (χ2v) is 3.31. The molecule has 90 valence electrons. The third kappa shape index (κ3) is 3.78. The van der Waals surface area contributed by atoms with Crippen molar-refractivity contribution in [2.75, 3.05) is 19.0 Å². The molecule has 1 amide bonds. The Labute approximate surface area is 100.0 Å². The van der Waals surface area contributed by atoms with Gasteiger partial charge in [-0.2, -0.15) is 5.26 Å². The van der Waals surface area contributed by atoms with E-state index >= 15 is 0 Å². The molecule has 5 nitrogen and oxygen atoms in total. The average Bonchev–Trinajstić information content (AvgIpc) is 2.36. The molecule has 1 rings (SSSR count). The molecule has 0 aromatic heterocycles. The zero-order chi connectivity index (χ0) is 12.7. The summed E-state index contributed by atoms with van der Waals surface area (Å²) in [6, 6.07) is 8.79. The van der Waals surface area contributed by atoms with E-state index in [9.17, 15) is 4.79 Å². The molecule has 17 heavy (non-hydrogen) atoms. The number of hydrogen-bond donors (Lipinski definition) is 1. The molecular weight excluding hydrogens is 220 g/mol. The van der Waals surface area contributed by atoms with Crippen LogP contribution in [0.3, 0.4) is 0 Å². The van der Waals surface area contributed by atoms with Crippen LogP contribution in [-0.4, -0.2) is 25.7 Å². The van der Waals surface area contributed by atoms with Gasteiger partial charge in [0.1, 0.15) is 17.9 Å². The number of amides is 1. The number of carbonyl (C=O) groups is 1. The molecule has 1 aromatic rings. The van der Waals surface area contributed by atoms with Gasteiger partial charge in [0.05, 0.1) is 5.69 Å². The van der Waals surface area contributed by atoms with Crippen molar-refractivity contribution in [3.63, 3.8) is 0 Å². The number of para-hydroxylation sites is 2. The van der Waals surface area contributed by atoms with Gasteiger partial charge in [-0.25, -0.2) is 0 Å². The minimum atomic E-state index is -0.543. The van der Waals surface area contributed by atoms with Gasteiger partial charge in [0.25, 0.3) is 5.91 Å². The Morgan fingerprint density at radius 3 is 2.88 bits per heavy atom. The molecule has 0 aliphatic carbocycles. The number of hydrogen-bond acceptors (Lipinski definition) is 4. The summed E-state index contributed by atoms with van der Waals surface area (Å²) < 4.78 is 10.1. The number of nitrogens with one attached hydrogen (secondary N) is 1. The van der Waals surface area contributed by atoms with Crippen molar-refractivity contribution in [1.82, 2.24) is 0 Å². The molecule has 1 aromatic carbocycles. The lowest BCUT2D eigenvalue weighted by Crippen LogP contribution is -2.26. The first-order chi connectivity index (χ1) is 8.19. The van der Waals surface area contributed by atoms with Gasteiger partial charge in [0, 0.05) is 7.11 Å². The van der Waals surface area contributed by atoms with Gasteiger partial charge >= 0.3 is 0 Å². The number of anilines is 1. The fourth-order valence-corrected chi connectivity index (χ4v) is 1.15. The molecular formula is C12H14N2O3. The van der Waals surface area contributed by atoms with Crippen LogP contribution in [0.1, 0.15) is 6.92 Å². The summed E-state index contributed by atoms with van der Waals surface area (Å²) in [6.45, 7) is 1.58.